The highest BCUT2D eigenvalue weighted by molar-refractivity contribution is 5.73. The first-order valence-electron chi connectivity index (χ1n) is 8.12. The van der Waals surface area contributed by atoms with E-state index >= 15 is 0 Å². The lowest BCUT2D eigenvalue weighted by molar-refractivity contribution is -0.139. The van der Waals surface area contributed by atoms with Crippen LogP contribution in [0.2, 0.25) is 0 Å². The Morgan fingerprint density at radius 1 is 0.913 bits per heavy atom. The monoisotopic (exact) mass is 311 g/mol. The molecule has 0 radical (unpaired) electrons. The van der Waals surface area contributed by atoms with Crippen molar-refractivity contribution in [2.75, 3.05) is 0 Å². The molecular weight excluding hydrogens is 286 g/mol. The molecule has 0 saturated carbocycles. The fourth-order valence-electron chi connectivity index (χ4n) is 2.60. The third kappa shape index (κ3) is 5.87. The van der Waals surface area contributed by atoms with Gasteiger partial charge in [0.15, 0.2) is 0 Å². The summed E-state index contributed by atoms with van der Waals surface area (Å²) in [6, 6.07) is 17.5. The van der Waals surface area contributed by atoms with E-state index in [0.717, 1.165) is 17.5 Å². The first-order chi connectivity index (χ1) is 11.0. The molecule has 0 aliphatic carbocycles. The second kappa shape index (κ2) is 8.49. The number of carbonyl (C=O) groups is 1. The number of aliphatic carboxylic acids is 1. The van der Waals surface area contributed by atoms with E-state index in [4.69, 9.17) is 0 Å². The summed E-state index contributed by atoms with van der Waals surface area (Å²) in [7, 11) is 0. The average Bonchev–Trinajstić information content (AvgIpc) is 2.53. The number of carboxylic acid groups (broad SMARTS) is 1. The molecule has 0 aliphatic rings. The van der Waals surface area contributed by atoms with Crippen LogP contribution in [0.5, 0.6) is 0 Å². The molecule has 2 aromatic carbocycles. The van der Waals surface area contributed by atoms with Gasteiger partial charge in [-0.25, -0.2) is 0 Å². The molecule has 122 valence electrons. The van der Waals surface area contributed by atoms with Crippen LogP contribution in [0.3, 0.4) is 0 Å². The van der Waals surface area contributed by atoms with Crippen molar-refractivity contribution >= 4 is 5.97 Å². The molecule has 0 aliphatic heterocycles. The zero-order valence-electron chi connectivity index (χ0n) is 13.8. The van der Waals surface area contributed by atoms with Crippen molar-refractivity contribution < 1.29 is 9.90 Å². The van der Waals surface area contributed by atoms with Crippen molar-refractivity contribution in [3.63, 3.8) is 0 Å². The number of carboxylic acids is 1. The van der Waals surface area contributed by atoms with Gasteiger partial charge in [-0.05, 0) is 35.4 Å². The van der Waals surface area contributed by atoms with E-state index in [1.807, 2.05) is 30.3 Å². The maximum Gasteiger partial charge on any atom is 0.321 e. The van der Waals surface area contributed by atoms with Gasteiger partial charge in [0, 0.05) is 6.54 Å². The SMILES string of the molecule is CC(C)Cc1ccc(CN[C@@H](Cc2ccccc2)C(=O)O)cc1. The molecule has 3 nitrogen and oxygen atoms in total. The van der Waals surface area contributed by atoms with Gasteiger partial charge in [-0.3, -0.25) is 4.79 Å². The van der Waals surface area contributed by atoms with E-state index in [0.29, 0.717) is 18.9 Å². The second-order valence-corrected chi connectivity index (χ2v) is 6.38. The van der Waals surface area contributed by atoms with Gasteiger partial charge in [0.05, 0.1) is 0 Å². The molecule has 3 heteroatoms. The van der Waals surface area contributed by atoms with Crippen molar-refractivity contribution in [3.8, 4) is 0 Å². The van der Waals surface area contributed by atoms with E-state index < -0.39 is 12.0 Å². The van der Waals surface area contributed by atoms with Crippen LogP contribution in [-0.2, 0) is 24.2 Å². The Labute approximate surface area is 138 Å². The minimum atomic E-state index is -0.815. The number of benzene rings is 2. The third-order valence-electron chi connectivity index (χ3n) is 3.80. The molecule has 0 fully saturated rings. The fraction of sp³-hybridized carbons (Fsp3) is 0.350. The molecular formula is C20H25NO2. The van der Waals surface area contributed by atoms with Gasteiger partial charge in [-0.15, -0.1) is 0 Å². The van der Waals surface area contributed by atoms with E-state index in [1.165, 1.54) is 5.56 Å². The Kier molecular flexibility index (Phi) is 6.36. The Morgan fingerprint density at radius 2 is 1.48 bits per heavy atom. The van der Waals surface area contributed by atoms with Crippen LogP contribution in [0.25, 0.3) is 0 Å². The first-order valence-corrected chi connectivity index (χ1v) is 8.12. The molecule has 0 spiro atoms. The van der Waals surface area contributed by atoms with Crippen LogP contribution in [0, 0.1) is 5.92 Å². The number of hydrogen-bond donors (Lipinski definition) is 2. The van der Waals surface area contributed by atoms with Crippen molar-refractivity contribution in [1.29, 1.82) is 0 Å². The molecule has 2 aromatic rings. The second-order valence-electron chi connectivity index (χ2n) is 6.38. The molecule has 2 N–H and O–H groups in total. The largest absolute Gasteiger partial charge is 0.480 e. The normalized spacial score (nSPS) is 12.3. The number of rotatable bonds is 8. The smallest absolute Gasteiger partial charge is 0.321 e. The highest BCUT2D eigenvalue weighted by atomic mass is 16.4. The Balaban J connectivity index is 1.92. The topological polar surface area (TPSA) is 49.3 Å². The Bertz CT molecular complexity index is 605. The fourth-order valence-corrected chi connectivity index (χ4v) is 2.60. The van der Waals surface area contributed by atoms with E-state index in [9.17, 15) is 9.90 Å². The molecule has 23 heavy (non-hydrogen) atoms. The Morgan fingerprint density at radius 3 is 2.04 bits per heavy atom. The molecule has 0 unspecified atom stereocenters. The van der Waals surface area contributed by atoms with Crippen LogP contribution in [0.4, 0.5) is 0 Å². The van der Waals surface area contributed by atoms with Crippen LogP contribution >= 0.6 is 0 Å². The van der Waals surface area contributed by atoms with Gasteiger partial charge in [-0.2, -0.15) is 0 Å². The van der Waals surface area contributed by atoms with Gasteiger partial charge in [0.1, 0.15) is 6.04 Å². The summed E-state index contributed by atoms with van der Waals surface area (Å²) in [5.74, 6) is -0.175. The first kappa shape index (κ1) is 17.2. The number of hydrogen-bond acceptors (Lipinski definition) is 2. The van der Waals surface area contributed by atoms with Crippen LogP contribution in [0.1, 0.15) is 30.5 Å². The van der Waals surface area contributed by atoms with E-state index in [1.54, 1.807) is 0 Å². The highest BCUT2D eigenvalue weighted by Gasteiger charge is 2.17. The average molecular weight is 311 g/mol. The van der Waals surface area contributed by atoms with Crippen molar-refractivity contribution in [2.24, 2.45) is 5.92 Å². The Hall–Kier alpha value is -2.13. The summed E-state index contributed by atoms with van der Waals surface area (Å²) in [5, 5.41) is 12.5. The summed E-state index contributed by atoms with van der Waals surface area (Å²) in [4.78, 5) is 11.4. The van der Waals surface area contributed by atoms with Crippen molar-refractivity contribution in [2.45, 2.75) is 39.3 Å². The minimum Gasteiger partial charge on any atom is -0.480 e. The summed E-state index contributed by atoms with van der Waals surface area (Å²) >= 11 is 0. The molecule has 2 rings (SSSR count). The highest BCUT2D eigenvalue weighted by Crippen LogP contribution is 2.10. The summed E-state index contributed by atoms with van der Waals surface area (Å²) in [6.45, 7) is 4.97. The molecule has 0 amide bonds. The summed E-state index contributed by atoms with van der Waals surface area (Å²) < 4.78 is 0. The van der Waals surface area contributed by atoms with Gasteiger partial charge < -0.3 is 10.4 Å². The van der Waals surface area contributed by atoms with Gasteiger partial charge in [0.2, 0.25) is 0 Å². The maximum absolute atomic E-state index is 11.4. The van der Waals surface area contributed by atoms with Gasteiger partial charge in [0.25, 0.3) is 0 Å². The molecule has 0 saturated heterocycles. The van der Waals surface area contributed by atoms with Crippen molar-refractivity contribution in [3.05, 3.63) is 71.3 Å². The van der Waals surface area contributed by atoms with Gasteiger partial charge >= 0.3 is 5.97 Å². The van der Waals surface area contributed by atoms with Crippen LogP contribution < -0.4 is 5.32 Å². The minimum absolute atomic E-state index is 0.488. The zero-order valence-corrected chi connectivity index (χ0v) is 13.8. The van der Waals surface area contributed by atoms with Gasteiger partial charge in [-0.1, -0.05) is 68.4 Å². The quantitative estimate of drug-likeness (QED) is 0.782. The maximum atomic E-state index is 11.4. The van der Waals surface area contributed by atoms with E-state index in [2.05, 4.69) is 43.4 Å². The summed E-state index contributed by atoms with van der Waals surface area (Å²) in [6.07, 6.45) is 1.56. The lowest BCUT2D eigenvalue weighted by Gasteiger charge is -2.15. The lowest BCUT2D eigenvalue weighted by atomic mass is 10.0. The summed E-state index contributed by atoms with van der Waals surface area (Å²) in [5.41, 5.74) is 3.46. The molecule has 0 bridgehead atoms. The van der Waals surface area contributed by atoms with Crippen LogP contribution in [0.15, 0.2) is 54.6 Å². The third-order valence-corrected chi connectivity index (χ3v) is 3.80. The standard InChI is InChI=1S/C20H25NO2/c1-15(2)12-17-8-10-18(11-9-17)14-21-19(20(22)23)13-16-6-4-3-5-7-16/h3-11,15,19,21H,12-14H2,1-2H3,(H,22,23)/t19-/m0/s1. The zero-order chi connectivity index (χ0) is 16.7. The van der Waals surface area contributed by atoms with Crippen LogP contribution in [-0.4, -0.2) is 17.1 Å². The lowest BCUT2D eigenvalue weighted by Crippen LogP contribution is -2.38. The van der Waals surface area contributed by atoms with Crippen molar-refractivity contribution in [1.82, 2.24) is 5.32 Å². The molecule has 1 atom stereocenters. The predicted octanol–water partition coefficient (Wildman–Crippen LogP) is 3.67. The molecule has 0 aromatic heterocycles. The molecule has 0 heterocycles. The predicted molar refractivity (Wildman–Crippen MR) is 93.4 cm³/mol. The number of nitrogens with one attached hydrogen (secondary N) is 1. The van der Waals surface area contributed by atoms with E-state index in [-0.39, 0.29) is 0 Å².